The maximum absolute atomic E-state index is 12.7. The summed E-state index contributed by atoms with van der Waals surface area (Å²) in [5, 5.41) is 3.72. The molecule has 0 spiro atoms. The van der Waals surface area contributed by atoms with Crippen molar-refractivity contribution in [1.82, 2.24) is 0 Å². The first-order valence-corrected chi connectivity index (χ1v) is 9.29. The summed E-state index contributed by atoms with van der Waals surface area (Å²) in [6.45, 7) is 1.66. The Morgan fingerprint density at radius 2 is 1.43 bits per heavy atom. The summed E-state index contributed by atoms with van der Waals surface area (Å²) < 4.78 is 22.3. The quantitative estimate of drug-likeness (QED) is 0.310. The number of hydrogen-bond acceptors (Lipinski definition) is 7. The Bertz CT molecular complexity index is 917. The Labute approximate surface area is 173 Å². The van der Waals surface area contributed by atoms with Gasteiger partial charge in [0, 0.05) is 12.0 Å². The molecule has 9 heteroatoms. The molecule has 1 heterocycles. The second-order valence-corrected chi connectivity index (χ2v) is 6.61. The van der Waals surface area contributed by atoms with Crippen LogP contribution >= 0.6 is 0 Å². The Morgan fingerprint density at radius 3 is 1.90 bits per heavy atom. The summed E-state index contributed by atoms with van der Waals surface area (Å²) in [5.74, 6) is -1.30. The normalized spacial score (nSPS) is 25.6. The summed E-state index contributed by atoms with van der Waals surface area (Å²) in [6, 6.07) is 15.7. The minimum Gasteiger partial charge on any atom is -0.454 e. The lowest BCUT2D eigenvalue weighted by molar-refractivity contribution is -0.259. The summed E-state index contributed by atoms with van der Waals surface area (Å²) in [7, 11) is 1.38. The fraction of sp³-hybridized carbons (Fsp3) is 0.333. The van der Waals surface area contributed by atoms with Gasteiger partial charge in [-0.05, 0) is 36.7 Å². The number of azide groups is 1. The molecular formula is C21H21N3O6. The van der Waals surface area contributed by atoms with Crippen molar-refractivity contribution in [2.24, 2.45) is 5.11 Å². The molecule has 1 aliphatic heterocycles. The van der Waals surface area contributed by atoms with E-state index in [0.29, 0.717) is 11.1 Å². The van der Waals surface area contributed by atoms with E-state index in [9.17, 15) is 9.59 Å². The van der Waals surface area contributed by atoms with Gasteiger partial charge in [0.2, 0.25) is 0 Å². The maximum Gasteiger partial charge on any atom is 0.338 e. The van der Waals surface area contributed by atoms with E-state index in [2.05, 4.69) is 10.0 Å². The molecule has 1 saturated heterocycles. The van der Waals surface area contributed by atoms with Crippen LogP contribution in [0, 0.1) is 0 Å². The Balaban J connectivity index is 1.92. The largest absolute Gasteiger partial charge is 0.454 e. The molecule has 9 nitrogen and oxygen atoms in total. The van der Waals surface area contributed by atoms with Crippen LogP contribution in [0.2, 0.25) is 0 Å². The highest BCUT2D eigenvalue weighted by Crippen LogP contribution is 2.30. The van der Waals surface area contributed by atoms with E-state index < -0.39 is 42.6 Å². The predicted molar refractivity (Wildman–Crippen MR) is 106 cm³/mol. The minimum atomic E-state index is -1.15. The molecule has 0 saturated carbocycles. The highest BCUT2D eigenvalue weighted by Gasteiger charge is 2.49. The first-order chi connectivity index (χ1) is 14.5. The molecule has 0 amide bonds. The van der Waals surface area contributed by atoms with Gasteiger partial charge in [0.05, 0.1) is 17.2 Å². The number of rotatable bonds is 6. The first-order valence-electron chi connectivity index (χ1n) is 9.29. The molecule has 2 aromatic carbocycles. The second kappa shape index (κ2) is 9.89. The second-order valence-electron chi connectivity index (χ2n) is 6.61. The van der Waals surface area contributed by atoms with Gasteiger partial charge in [-0.25, -0.2) is 9.59 Å². The van der Waals surface area contributed by atoms with Crippen LogP contribution in [0.4, 0.5) is 0 Å². The molecule has 1 aliphatic rings. The molecule has 0 bridgehead atoms. The van der Waals surface area contributed by atoms with Gasteiger partial charge in [-0.1, -0.05) is 41.5 Å². The van der Waals surface area contributed by atoms with Crippen molar-refractivity contribution in [1.29, 1.82) is 0 Å². The molecule has 2 aromatic rings. The molecule has 0 radical (unpaired) electrons. The van der Waals surface area contributed by atoms with E-state index in [1.807, 2.05) is 0 Å². The Kier molecular flexibility index (Phi) is 7.03. The third-order valence-electron chi connectivity index (χ3n) is 4.68. The van der Waals surface area contributed by atoms with Crippen LogP contribution < -0.4 is 0 Å². The molecule has 0 aliphatic carbocycles. The molecule has 5 atom stereocenters. The topological polar surface area (TPSA) is 120 Å². The van der Waals surface area contributed by atoms with Gasteiger partial charge in [0.15, 0.2) is 18.5 Å². The van der Waals surface area contributed by atoms with Crippen molar-refractivity contribution in [2.45, 2.75) is 37.6 Å². The van der Waals surface area contributed by atoms with Crippen LogP contribution in [-0.4, -0.2) is 49.7 Å². The number of benzene rings is 2. The van der Waals surface area contributed by atoms with Gasteiger partial charge < -0.3 is 18.9 Å². The average Bonchev–Trinajstić information content (AvgIpc) is 2.78. The van der Waals surface area contributed by atoms with Crippen LogP contribution in [0.1, 0.15) is 27.6 Å². The number of nitrogens with zero attached hydrogens (tertiary/aromatic N) is 3. The summed E-state index contributed by atoms with van der Waals surface area (Å²) in [5.41, 5.74) is 9.61. The molecule has 1 fully saturated rings. The zero-order valence-electron chi connectivity index (χ0n) is 16.5. The van der Waals surface area contributed by atoms with Gasteiger partial charge in [-0.3, -0.25) is 0 Å². The fourth-order valence-corrected chi connectivity index (χ4v) is 3.19. The number of hydrogen-bond donors (Lipinski definition) is 0. The van der Waals surface area contributed by atoms with E-state index in [-0.39, 0.29) is 0 Å². The van der Waals surface area contributed by atoms with E-state index in [1.54, 1.807) is 67.6 Å². The lowest BCUT2D eigenvalue weighted by atomic mass is 9.97. The number of esters is 2. The van der Waals surface area contributed by atoms with Crippen molar-refractivity contribution < 1.29 is 28.5 Å². The number of carbonyl (C=O) groups is 2. The zero-order chi connectivity index (χ0) is 21.5. The van der Waals surface area contributed by atoms with E-state index in [1.165, 1.54) is 7.11 Å². The smallest absolute Gasteiger partial charge is 0.338 e. The van der Waals surface area contributed by atoms with Crippen LogP contribution in [-0.2, 0) is 18.9 Å². The molecule has 3 rings (SSSR count). The molecule has 0 N–H and O–H groups in total. The van der Waals surface area contributed by atoms with Gasteiger partial charge in [-0.2, -0.15) is 0 Å². The fourth-order valence-electron chi connectivity index (χ4n) is 3.19. The lowest BCUT2D eigenvalue weighted by Gasteiger charge is -2.42. The van der Waals surface area contributed by atoms with Crippen molar-refractivity contribution in [3.63, 3.8) is 0 Å². The number of carbonyl (C=O) groups excluding carboxylic acids is 2. The first kappa shape index (κ1) is 21.3. The van der Waals surface area contributed by atoms with E-state index in [4.69, 9.17) is 24.5 Å². The van der Waals surface area contributed by atoms with Gasteiger partial charge in [-0.15, -0.1) is 0 Å². The standard InChI is InChI=1S/C21H21N3O6/c1-13-16(23-24-22)17(29-19(25)14-9-5-3-6-10-14)18(21(27-2)28-13)30-20(26)15-11-7-4-8-12-15/h3-13,16-18,21H,1-2H3/t13?,16?,17?,18?,21-/m0/s1. The predicted octanol–water partition coefficient (Wildman–Crippen LogP) is 3.51. The molecule has 30 heavy (non-hydrogen) atoms. The SMILES string of the molecule is CO[C@H]1OC(C)C(N=[N+]=[N-])C(OC(=O)c2ccccc2)C1OC(=O)c1ccccc1. The maximum atomic E-state index is 12.7. The highest BCUT2D eigenvalue weighted by atomic mass is 16.7. The molecular weight excluding hydrogens is 390 g/mol. The minimum absolute atomic E-state index is 0.304. The van der Waals surface area contributed by atoms with Crippen molar-refractivity contribution in [3.05, 3.63) is 82.2 Å². The molecule has 4 unspecified atom stereocenters. The highest BCUT2D eigenvalue weighted by molar-refractivity contribution is 5.90. The summed E-state index contributed by atoms with van der Waals surface area (Å²) in [4.78, 5) is 28.2. The van der Waals surface area contributed by atoms with Crippen molar-refractivity contribution in [3.8, 4) is 0 Å². The number of methoxy groups -OCH3 is 1. The molecule has 0 aromatic heterocycles. The number of ether oxygens (including phenoxy) is 4. The van der Waals surface area contributed by atoms with Crippen LogP contribution in [0.25, 0.3) is 10.4 Å². The van der Waals surface area contributed by atoms with Crippen LogP contribution in [0.5, 0.6) is 0 Å². The van der Waals surface area contributed by atoms with E-state index in [0.717, 1.165) is 0 Å². The van der Waals surface area contributed by atoms with Gasteiger partial charge in [0.1, 0.15) is 6.04 Å². The summed E-state index contributed by atoms with van der Waals surface area (Å²) in [6.07, 6.45) is -3.94. The Hall–Kier alpha value is -3.39. The van der Waals surface area contributed by atoms with Gasteiger partial charge in [0.25, 0.3) is 0 Å². The zero-order valence-corrected chi connectivity index (χ0v) is 16.5. The van der Waals surface area contributed by atoms with E-state index >= 15 is 0 Å². The van der Waals surface area contributed by atoms with Crippen LogP contribution in [0.3, 0.4) is 0 Å². The average molecular weight is 411 g/mol. The summed E-state index contributed by atoms with van der Waals surface area (Å²) >= 11 is 0. The van der Waals surface area contributed by atoms with Gasteiger partial charge >= 0.3 is 11.9 Å². The lowest BCUT2D eigenvalue weighted by Crippen LogP contribution is -2.59. The van der Waals surface area contributed by atoms with Crippen molar-refractivity contribution >= 4 is 11.9 Å². The van der Waals surface area contributed by atoms with Crippen molar-refractivity contribution in [2.75, 3.05) is 7.11 Å². The van der Waals surface area contributed by atoms with Crippen LogP contribution in [0.15, 0.2) is 65.8 Å². The third-order valence-corrected chi connectivity index (χ3v) is 4.68. The monoisotopic (exact) mass is 411 g/mol. The Morgan fingerprint density at radius 1 is 0.933 bits per heavy atom. The third kappa shape index (κ3) is 4.77. The molecule has 156 valence electrons.